The first-order valence-electron chi connectivity index (χ1n) is 8.86. The smallest absolute Gasteiger partial charge is 0.475 e. The predicted molar refractivity (Wildman–Crippen MR) is 94.9 cm³/mol. The van der Waals surface area contributed by atoms with Gasteiger partial charge in [0.1, 0.15) is 0 Å². The topological polar surface area (TPSA) is 107 Å². The summed E-state index contributed by atoms with van der Waals surface area (Å²) in [6.45, 7) is 4.20. The maximum atomic E-state index is 12.4. The zero-order valence-electron chi connectivity index (χ0n) is 15.2. The van der Waals surface area contributed by atoms with E-state index in [4.69, 9.17) is 9.90 Å². The van der Waals surface area contributed by atoms with Gasteiger partial charge in [-0.3, -0.25) is 9.89 Å². The molecule has 4 N–H and O–H groups in total. The molecule has 1 spiro atoms. The lowest BCUT2D eigenvalue weighted by atomic mass is 9.65. The number of H-pyrrole nitrogens is 1. The number of aromatic nitrogens is 2. The van der Waals surface area contributed by atoms with Crippen molar-refractivity contribution in [2.24, 2.45) is 5.41 Å². The largest absolute Gasteiger partial charge is 0.490 e. The first kappa shape index (κ1) is 20.1. The third-order valence-corrected chi connectivity index (χ3v) is 5.28. The monoisotopic (exact) mass is 398 g/mol. The lowest BCUT2D eigenvalue weighted by molar-refractivity contribution is -0.192. The molecule has 0 bridgehead atoms. The van der Waals surface area contributed by atoms with Crippen LogP contribution in [0, 0.1) is 12.3 Å². The van der Waals surface area contributed by atoms with Crippen LogP contribution in [0.5, 0.6) is 0 Å². The van der Waals surface area contributed by atoms with E-state index in [1.807, 2.05) is 25.1 Å². The molecular weight excluding hydrogens is 377 g/mol. The number of carboxylic acid groups (broad SMARTS) is 1. The number of amides is 1. The predicted octanol–water partition coefficient (Wildman–Crippen LogP) is 2.38. The lowest BCUT2D eigenvalue weighted by Crippen LogP contribution is -2.51. The van der Waals surface area contributed by atoms with Crippen LogP contribution in [-0.4, -0.2) is 52.5 Å². The van der Waals surface area contributed by atoms with Crippen molar-refractivity contribution in [1.29, 1.82) is 0 Å². The Balaban J connectivity index is 0.000000279. The number of aryl methyl sites for hydroxylation is 1. The van der Waals surface area contributed by atoms with E-state index in [-0.39, 0.29) is 5.91 Å². The minimum absolute atomic E-state index is 0.0308. The van der Waals surface area contributed by atoms with Gasteiger partial charge in [-0.15, -0.1) is 0 Å². The third kappa shape index (κ3) is 4.27. The van der Waals surface area contributed by atoms with Crippen LogP contribution >= 0.6 is 0 Å². The number of carboxylic acids is 1. The van der Waals surface area contributed by atoms with Crippen molar-refractivity contribution in [2.45, 2.75) is 38.4 Å². The van der Waals surface area contributed by atoms with E-state index in [1.165, 1.54) is 6.42 Å². The lowest BCUT2D eigenvalue weighted by Gasteiger charge is -2.45. The summed E-state index contributed by atoms with van der Waals surface area (Å²) in [5.41, 5.74) is 3.09. The molecule has 152 valence electrons. The SMILES string of the molecule is Cc1[nH]nc2ccc(C(=O)NC3CC4(CCNC4)C3)cc12.O=C(O)C(F)(F)F. The number of alkyl halides is 3. The minimum atomic E-state index is -5.08. The van der Waals surface area contributed by atoms with Gasteiger partial charge in [0.05, 0.1) is 5.52 Å². The highest BCUT2D eigenvalue weighted by atomic mass is 19.4. The number of nitrogens with one attached hydrogen (secondary N) is 3. The quantitative estimate of drug-likeness (QED) is 0.621. The summed E-state index contributed by atoms with van der Waals surface area (Å²) in [5, 5.41) is 21.9. The van der Waals surface area contributed by atoms with Gasteiger partial charge in [-0.1, -0.05) is 0 Å². The number of hydrogen-bond acceptors (Lipinski definition) is 4. The summed E-state index contributed by atoms with van der Waals surface area (Å²) in [7, 11) is 0. The molecule has 28 heavy (non-hydrogen) atoms. The molecule has 4 rings (SSSR count). The van der Waals surface area contributed by atoms with Crippen LogP contribution in [0.15, 0.2) is 18.2 Å². The van der Waals surface area contributed by atoms with Crippen LogP contribution in [0.4, 0.5) is 13.2 Å². The molecule has 2 aliphatic rings. The second-order valence-electron chi connectivity index (χ2n) is 7.39. The van der Waals surface area contributed by atoms with Crippen molar-refractivity contribution >= 4 is 22.8 Å². The van der Waals surface area contributed by atoms with E-state index in [9.17, 15) is 18.0 Å². The standard InChI is InChI=1S/C16H20N4O.C2HF3O2/c1-10-13-6-11(2-3-14(13)20-19-10)15(21)18-12-7-16(8-12)4-5-17-9-16;3-2(4,5)1(6)7/h2-3,6,12,17H,4-5,7-9H2,1H3,(H,18,21)(H,19,20);(H,6,7). The van der Waals surface area contributed by atoms with Gasteiger partial charge in [0.2, 0.25) is 0 Å². The Morgan fingerprint density at radius 2 is 2.00 bits per heavy atom. The number of halogens is 3. The Morgan fingerprint density at radius 1 is 1.32 bits per heavy atom. The molecule has 1 amide bonds. The molecule has 0 atom stereocenters. The number of rotatable bonds is 2. The number of aliphatic carboxylic acids is 1. The Labute approximate surface area is 158 Å². The normalized spacial score (nSPS) is 23.8. The summed E-state index contributed by atoms with van der Waals surface area (Å²) < 4.78 is 31.7. The summed E-state index contributed by atoms with van der Waals surface area (Å²) in [6.07, 6.45) is -1.61. The van der Waals surface area contributed by atoms with Crippen molar-refractivity contribution in [3.63, 3.8) is 0 Å². The Morgan fingerprint density at radius 3 is 2.57 bits per heavy atom. The zero-order valence-corrected chi connectivity index (χ0v) is 15.2. The van der Waals surface area contributed by atoms with E-state index in [2.05, 4.69) is 20.8 Å². The van der Waals surface area contributed by atoms with E-state index >= 15 is 0 Å². The maximum absolute atomic E-state index is 12.4. The summed E-state index contributed by atoms with van der Waals surface area (Å²) in [4.78, 5) is 21.3. The first-order valence-corrected chi connectivity index (χ1v) is 8.86. The number of aromatic amines is 1. The highest BCUT2D eigenvalue weighted by Crippen LogP contribution is 2.45. The van der Waals surface area contributed by atoms with Crippen LogP contribution in [0.25, 0.3) is 10.9 Å². The van der Waals surface area contributed by atoms with E-state index in [0.29, 0.717) is 11.5 Å². The molecule has 1 aliphatic heterocycles. The van der Waals surface area contributed by atoms with Crippen LogP contribution in [0.1, 0.15) is 35.3 Å². The molecule has 10 heteroatoms. The van der Waals surface area contributed by atoms with Gasteiger partial charge in [-0.05, 0) is 56.3 Å². The number of carbonyl (C=O) groups is 2. The molecule has 1 aliphatic carbocycles. The number of fused-ring (bicyclic) bond motifs is 1. The van der Waals surface area contributed by atoms with Crippen molar-refractivity contribution in [3.8, 4) is 0 Å². The van der Waals surface area contributed by atoms with Crippen molar-refractivity contribution in [2.75, 3.05) is 13.1 Å². The van der Waals surface area contributed by atoms with Crippen LogP contribution in [-0.2, 0) is 4.79 Å². The summed E-state index contributed by atoms with van der Waals surface area (Å²) in [6, 6.07) is 6.01. The average molecular weight is 398 g/mol. The molecule has 2 aromatic rings. The Hall–Kier alpha value is -2.62. The molecule has 1 aromatic carbocycles. The van der Waals surface area contributed by atoms with Gasteiger partial charge in [0, 0.05) is 29.2 Å². The van der Waals surface area contributed by atoms with E-state index < -0.39 is 12.1 Å². The molecule has 2 heterocycles. The fourth-order valence-corrected chi connectivity index (χ4v) is 3.78. The van der Waals surface area contributed by atoms with Gasteiger partial charge in [0.15, 0.2) is 0 Å². The Kier molecular flexibility index (Phi) is 5.33. The third-order valence-electron chi connectivity index (χ3n) is 5.28. The number of nitrogens with zero attached hydrogens (tertiary/aromatic N) is 1. The van der Waals surface area contributed by atoms with Crippen molar-refractivity contribution in [1.82, 2.24) is 20.8 Å². The second kappa shape index (κ2) is 7.42. The second-order valence-corrected chi connectivity index (χ2v) is 7.39. The van der Waals surface area contributed by atoms with Gasteiger partial charge < -0.3 is 15.7 Å². The van der Waals surface area contributed by atoms with Crippen LogP contribution < -0.4 is 10.6 Å². The van der Waals surface area contributed by atoms with Crippen LogP contribution in [0.2, 0.25) is 0 Å². The molecule has 1 aromatic heterocycles. The van der Waals surface area contributed by atoms with E-state index in [0.717, 1.165) is 48.1 Å². The zero-order chi connectivity index (χ0) is 20.5. The van der Waals surface area contributed by atoms with Gasteiger partial charge in [-0.25, -0.2) is 4.79 Å². The average Bonchev–Trinajstić information content (AvgIpc) is 3.21. The fraction of sp³-hybridized carbons (Fsp3) is 0.500. The number of carbonyl (C=O) groups excluding carboxylic acids is 1. The molecular formula is C18H21F3N4O3. The highest BCUT2D eigenvalue weighted by molar-refractivity contribution is 5.98. The fourth-order valence-electron chi connectivity index (χ4n) is 3.78. The molecule has 1 saturated heterocycles. The summed E-state index contributed by atoms with van der Waals surface area (Å²) >= 11 is 0. The molecule has 7 nitrogen and oxygen atoms in total. The van der Waals surface area contributed by atoms with Crippen molar-refractivity contribution in [3.05, 3.63) is 29.5 Å². The highest BCUT2D eigenvalue weighted by Gasteiger charge is 2.46. The van der Waals surface area contributed by atoms with Crippen LogP contribution in [0.3, 0.4) is 0 Å². The molecule has 2 fully saturated rings. The Bertz CT molecular complexity index is 880. The van der Waals surface area contributed by atoms with Crippen molar-refractivity contribution < 1.29 is 27.9 Å². The van der Waals surface area contributed by atoms with Gasteiger partial charge in [0.25, 0.3) is 5.91 Å². The van der Waals surface area contributed by atoms with Gasteiger partial charge >= 0.3 is 12.1 Å². The summed E-state index contributed by atoms with van der Waals surface area (Å²) in [5.74, 6) is -2.73. The first-order chi connectivity index (χ1) is 13.1. The minimum Gasteiger partial charge on any atom is -0.475 e. The molecule has 0 radical (unpaired) electrons. The van der Waals surface area contributed by atoms with E-state index in [1.54, 1.807) is 0 Å². The maximum Gasteiger partial charge on any atom is 0.490 e. The number of benzene rings is 1. The number of hydrogen-bond donors (Lipinski definition) is 4. The molecule has 0 unspecified atom stereocenters. The van der Waals surface area contributed by atoms with Gasteiger partial charge in [-0.2, -0.15) is 18.3 Å². The molecule has 1 saturated carbocycles.